The lowest BCUT2D eigenvalue weighted by Gasteiger charge is -2.40. The van der Waals surface area contributed by atoms with E-state index in [1.54, 1.807) is 12.4 Å². The van der Waals surface area contributed by atoms with Crippen molar-refractivity contribution < 1.29 is 9.53 Å². The summed E-state index contributed by atoms with van der Waals surface area (Å²) in [6.45, 7) is 4.68. The minimum atomic E-state index is -0.349. The van der Waals surface area contributed by atoms with E-state index >= 15 is 0 Å². The van der Waals surface area contributed by atoms with E-state index in [0.29, 0.717) is 6.54 Å². The molecule has 1 fully saturated rings. The van der Waals surface area contributed by atoms with E-state index < -0.39 is 0 Å². The minimum absolute atomic E-state index is 0.143. The van der Waals surface area contributed by atoms with Crippen molar-refractivity contribution >= 4 is 5.91 Å². The molecule has 3 rings (SSSR count). The van der Waals surface area contributed by atoms with Crippen LogP contribution in [0.3, 0.4) is 0 Å². The van der Waals surface area contributed by atoms with E-state index in [1.807, 2.05) is 38.1 Å². The Kier molecular flexibility index (Phi) is 5.37. The molecular weight excluding hydrogens is 312 g/mol. The average Bonchev–Trinajstić information content (AvgIpc) is 2.56. The first-order chi connectivity index (χ1) is 12.1. The summed E-state index contributed by atoms with van der Waals surface area (Å²) < 4.78 is 5.65. The largest absolute Gasteiger partial charge is 0.491 e. The molecule has 4 heteroatoms. The Bertz CT molecular complexity index is 692. The van der Waals surface area contributed by atoms with Crippen LogP contribution in [0, 0.1) is 0 Å². The molecule has 1 amide bonds. The van der Waals surface area contributed by atoms with Crippen molar-refractivity contribution in [3.63, 3.8) is 0 Å². The predicted molar refractivity (Wildman–Crippen MR) is 98.7 cm³/mol. The number of hydrogen-bond acceptors (Lipinski definition) is 3. The van der Waals surface area contributed by atoms with Gasteiger partial charge in [0.25, 0.3) is 0 Å². The van der Waals surface area contributed by atoms with Gasteiger partial charge in [-0.3, -0.25) is 9.78 Å². The molecule has 4 nitrogen and oxygen atoms in total. The maximum Gasteiger partial charge on any atom is 0.230 e. The van der Waals surface area contributed by atoms with Crippen LogP contribution in [0.1, 0.15) is 44.2 Å². The summed E-state index contributed by atoms with van der Waals surface area (Å²) in [5.74, 6) is 1.03. The fraction of sp³-hybridized carbons (Fsp3) is 0.429. The van der Waals surface area contributed by atoms with E-state index in [0.717, 1.165) is 37.0 Å². The molecule has 1 saturated carbocycles. The maximum atomic E-state index is 12.8. The zero-order chi connectivity index (χ0) is 17.7. The number of amides is 1. The Morgan fingerprint density at radius 2 is 1.84 bits per heavy atom. The van der Waals surface area contributed by atoms with Crippen molar-refractivity contribution in [1.82, 2.24) is 10.3 Å². The number of ether oxygens (including phenoxy) is 1. The number of nitrogens with zero attached hydrogens (tertiary/aromatic N) is 1. The molecule has 1 heterocycles. The lowest BCUT2D eigenvalue weighted by molar-refractivity contribution is -0.129. The van der Waals surface area contributed by atoms with Gasteiger partial charge in [0.05, 0.1) is 11.5 Å². The van der Waals surface area contributed by atoms with Gasteiger partial charge in [0, 0.05) is 18.9 Å². The Morgan fingerprint density at radius 1 is 1.16 bits per heavy atom. The van der Waals surface area contributed by atoms with Crippen molar-refractivity contribution in [2.75, 3.05) is 6.54 Å². The third-order valence-corrected chi connectivity index (χ3v) is 4.87. The monoisotopic (exact) mass is 338 g/mol. The normalized spacial score (nSPS) is 15.5. The Balaban J connectivity index is 1.54. The number of carbonyl (C=O) groups excluding carboxylic acids is 1. The summed E-state index contributed by atoms with van der Waals surface area (Å²) >= 11 is 0. The molecule has 132 valence electrons. The average molecular weight is 338 g/mol. The van der Waals surface area contributed by atoms with Crippen molar-refractivity contribution in [2.45, 2.75) is 51.0 Å². The fourth-order valence-electron chi connectivity index (χ4n) is 3.34. The van der Waals surface area contributed by atoms with Gasteiger partial charge in [0.2, 0.25) is 5.91 Å². The van der Waals surface area contributed by atoms with Crippen LogP contribution in [0.15, 0.2) is 48.8 Å². The number of carbonyl (C=O) groups is 1. The van der Waals surface area contributed by atoms with Gasteiger partial charge in [-0.15, -0.1) is 0 Å². The molecule has 0 radical (unpaired) electrons. The van der Waals surface area contributed by atoms with Crippen LogP contribution in [0.25, 0.3) is 0 Å². The van der Waals surface area contributed by atoms with Gasteiger partial charge in [-0.05, 0) is 68.5 Å². The van der Waals surface area contributed by atoms with Crippen LogP contribution in [0.2, 0.25) is 0 Å². The van der Waals surface area contributed by atoms with Gasteiger partial charge in [0.1, 0.15) is 5.75 Å². The van der Waals surface area contributed by atoms with Gasteiger partial charge >= 0.3 is 0 Å². The van der Waals surface area contributed by atoms with E-state index in [-0.39, 0.29) is 17.4 Å². The topological polar surface area (TPSA) is 51.2 Å². The summed E-state index contributed by atoms with van der Waals surface area (Å²) in [5.41, 5.74) is 1.93. The quantitative estimate of drug-likeness (QED) is 0.838. The van der Waals surface area contributed by atoms with E-state index in [4.69, 9.17) is 4.74 Å². The van der Waals surface area contributed by atoms with E-state index in [1.165, 1.54) is 5.56 Å². The molecule has 0 bridgehead atoms. The molecule has 0 saturated heterocycles. The second kappa shape index (κ2) is 7.68. The zero-order valence-corrected chi connectivity index (χ0v) is 15.0. The highest BCUT2D eigenvalue weighted by molar-refractivity contribution is 5.89. The van der Waals surface area contributed by atoms with Crippen molar-refractivity contribution in [3.8, 4) is 5.75 Å². The van der Waals surface area contributed by atoms with Gasteiger partial charge in [-0.1, -0.05) is 18.6 Å². The second-order valence-electron chi connectivity index (χ2n) is 6.99. The molecule has 1 aromatic carbocycles. The molecule has 0 atom stereocenters. The molecular formula is C21H26N2O2. The number of nitrogens with one attached hydrogen (secondary N) is 1. The molecule has 25 heavy (non-hydrogen) atoms. The molecule has 0 aliphatic heterocycles. The van der Waals surface area contributed by atoms with Gasteiger partial charge in [0.15, 0.2) is 0 Å². The first-order valence-electron chi connectivity index (χ1n) is 9.04. The van der Waals surface area contributed by atoms with Gasteiger partial charge in [-0.25, -0.2) is 0 Å². The number of pyridine rings is 1. The number of benzene rings is 1. The van der Waals surface area contributed by atoms with Crippen molar-refractivity contribution in [3.05, 3.63) is 59.9 Å². The summed E-state index contributed by atoms with van der Waals surface area (Å²) in [7, 11) is 0. The number of rotatable bonds is 7. The first kappa shape index (κ1) is 17.5. The SMILES string of the molecule is CC(C)Oc1ccc(CCNC(=O)C2(c3ccncc3)CCC2)cc1. The molecule has 1 aliphatic rings. The highest BCUT2D eigenvalue weighted by Crippen LogP contribution is 2.43. The van der Waals surface area contributed by atoms with Crippen LogP contribution in [-0.4, -0.2) is 23.5 Å². The predicted octanol–water partition coefficient (Wildman–Crippen LogP) is 3.65. The smallest absolute Gasteiger partial charge is 0.230 e. The maximum absolute atomic E-state index is 12.8. The van der Waals surface area contributed by atoms with Crippen molar-refractivity contribution in [1.29, 1.82) is 0 Å². The third-order valence-electron chi connectivity index (χ3n) is 4.87. The van der Waals surface area contributed by atoms with Gasteiger partial charge < -0.3 is 10.1 Å². The van der Waals surface area contributed by atoms with Crippen LogP contribution in [0.4, 0.5) is 0 Å². The zero-order valence-electron chi connectivity index (χ0n) is 15.0. The van der Waals surface area contributed by atoms with Crippen LogP contribution >= 0.6 is 0 Å². The minimum Gasteiger partial charge on any atom is -0.491 e. The fourth-order valence-corrected chi connectivity index (χ4v) is 3.34. The molecule has 1 aliphatic carbocycles. The molecule has 0 unspecified atom stereocenters. The van der Waals surface area contributed by atoms with Crippen LogP contribution in [0.5, 0.6) is 5.75 Å². The van der Waals surface area contributed by atoms with E-state index in [2.05, 4.69) is 22.4 Å². The molecule has 0 spiro atoms. The highest BCUT2D eigenvalue weighted by Gasteiger charge is 2.45. The van der Waals surface area contributed by atoms with Gasteiger partial charge in [-0.2, -0.15) is 0 Å². The molecule has 1 aromatic heterocycles. The highest BCUT2D eigenvalue weighted by atomic mass is 16.5. The Hall–Kier alpha value is -2.36. The summed E-state index contributed by atoms with van der Waals surface area (Å²) in [4.78, 5) is 16.8. The summed E-state index contributed by atoms with van der Waals surface area (Å²) in [6.07, 6.45) is 7.48. The van der Waals surface area contributed by atoms with Crippen LogP contribution < -0.4 is 10.1 Å². The van der Waals surface area contributed by atoms with Crippen LogP contribution in [-0.2, 0) is 16.6 Å². The van der Waals surface area contributed by atoms with Crippen molar-refractivity contribution in [2.24, 2.45) is 0 Å². The van der Waals surface area contributed by atoms with E-state index in [9.17, 15) is 4.79 Å². The lowest BCUT2D eigenvalue weighted by atomic mass is 9.64. The number of aromatic nitrogens is 1. The molecule has 2 aromatic rings. The first-order valence-corrected chi connectivity index (χ1v) is 9.04. The Morgan fingerprint density at radius 3 is 2.40 bits per heavy atom. The third kappa shape index (κ3) is 4.01. The lowest BCUT2D eigenvalue weighted by Crippen LogP contribution is -2.49. The summed E-state index contributed by atoms with van der Waals surface area (Å²) in [5, 5.41) is 3.13. The number of hydrogen-bond donors (Lipinski definition) is 1. The second-order valence-corrected chi connectivity index (χ2v) is 6.99. The Labute approximate surface area is 149 Å². The molecule has 1 N–H and O–H groups in total. The summed E-state index contributed by atoms with van der Waals surface area (Å²) in [6, 6.07) is 12.0. The standard InChI is InChI=1S/C21H26N2O2/c1-16(2)25-19-6-4-17(5-7-19)8-15-23-20(24)21(11-3-12-21)18-9-13-22-14-10-18/h4-7,9-10,13-14,16H,3,8,11-12,15H2,1-2H3,(H,23,24).